The van der Waals surface area contributed by atoms with Crippen LogP contribution in [0.1, 0.15) is 37.4 Å². The first-order chi connectivity index (χ1) is 8.04. The molecule has 1 aromatic rings. The third-order valence-corrected chi connectivity index (χ3v) is 3.18. The van der Waals surface area contributed by atoms with Crippen molar-refractivity contribution >= 4 is 0 Å². The Balaban J connectivity index is 2.23. The van der Waals surface area contributed by atoms with E-state index < -0.39 is 0 Å². The standard InChI is InChI=1S/C14H21NO2/c1-4-16-9-14(3)8-12(15)11-7-10(2)5-6-13(11)17-14/h5-7,12H,4,8-9,15H2,1-3H3. The molecule has 17 heavy (non-hydrogen) atoms. The van der Waals surface area contributed by atoms with Crippen molar-refractivity contribution in [2.45, 2.75) is 38.8 Å². The highest BCUT2D eigenvalue weighted by Gasteiger charge is 2.36. The highest BCUT2D eigenvalue weighted by molar-refractivity contribution is 5.41. The van der Waals surface area contributed by atoms with Crippen LogP contribution in [0, 0.1) is 6.92 Å². The van der Waals surface area contributed by atoms with Crippen LogP contribution in [0.2, 0.25) is 0 Å². The minimum Gasteiger partial charge on any atom is -0.485 e. The molecule has 94 valence electrons. The van der Waals surface area contributed by atoms with Crippen LogP contribution in [0.3, 0.4) is 0 Å². The molecule has 2 atom stereocenters. The molecule has 2 rings (SSSR count). The van der Waals surface area contributed by atoms with Gasteiger partial charge in [0.25, 0.3) is 0 Å². The summed E-state index contributed by atoms with van der Waals surface area (Å²) in [6, 6.07) is 6.20. The van der Waals surface area contributed by atoms with E-state index in [1.165, 1.54) is 5.56 Å². The molecule has 0 amide bonds. The molecule has 0 saturated heterocycles. The predicted octanol–water partition coefficient (Wildman–Crippen LogP) is 2.57. The Hall–Kier alpha value is -1.06. The van der Waals surface area contributed by atoms with E-state index in [9.17, 15) is 0 Å². The number of aryl methyl sites for hydroxylation is 1. The van der Waals surface area contributed by atoms with Gasteiger partial charge in [-0.05, 0) is 26.8 Å². The maximum absolute atomic E-state index is 6.23. The van der Waals surface area contributed by atoms with E-state index >= 15 is 0 Å². The van der Waals surface area contributed by atoms with Gasteiger partial charge in [0.2, 0.25) is 0 Å². The Bertz CT molecular complexity index is 405. The molecule has 1 aliphatic heterocycles. The molecule has 0 radical (unpaired) electrons. The molecule has 0 spiro atoms. The van der Waals surface area contributed by atoms with Crippen LogP contribution >= 0.6 is 0 Å². The zero-order valence-electron chi connectivity index (χ0n) is 10.8. The molecule has 3 nitrogen and oxygen atoms in total. The number of ether oxygens (including phenoxy) is 2. The second-order valence-corrected chi connectivity index (χ2v) is 5.04. The molecule has 2 unspecified atom stereocenters. The van der Waals surface area contributed by atoms with Crippen molar-refractivity contribution in [2.24, 2.45) is 5.73 Å². The maximum Gasteiger partial charge on any atom is 0.131 e. The summed E-state index contributed by atoms with van der Waals surface area (Å²) in [5.74, 6) is 0.900. The fraction of sp³-hybridized carbons (Fsp3) is 0.571. The SMILES string of the molecule is CCOCC1(C)CC(N)c2cc(C)ccc2O1. The number of hydrogen-bond acceptors (Lipinski definition) is 3. The van der Waals surface area contributed by atoms with Crippen LogP contribution in [-0.2, 0) is 4.74 Å². The van der Waals surface area contributed by atoms with E-state index in [4.69, 9.17) is 15.2 Å². The summed E-state index contributed by atoms with van der Waals surface area (Å²) in [6.07, 6.45) is 0.795. The Morgan fingerprint density at radius 1 is 1.53 bits per heavy atom. The summed E-state index contributed by atoms with van der Waals surface area (Å²) < 4.78 is 11.5. The van der Waals surface area contributed by atoms with Crippen molar-refractivity contribution in [3.63, 3.8) is 0 Å². The molecular weight excluding hydrogens is 214 g/mol. The summed E-state index contributed by atoms with van der Waals surface area (Å²) in [6.45, 7) is 7.41. The Labute approximate surface area is 103 Å². The Morgan fingerprint density at radius 2 is 2.29 bits per heavy atom. The first-order valence-corrected chi connectivity index (χ1v) is 6.17. The summed E-state index contributed by atoms with van der Waals surface area (Å²) in [7, 11) is 0. The smallest absolute Gasteiger partial charge is 0.131 e. The third-order valence-electron chi connectivity index (χ3n) is 3.18. The lowest BCUT2D eigenvalue weighted by atomic mass is 9.89. The van der Waals surface area contributed by atoms with Crippen molar-refractivity contribution in [2.75, 3.05) is 13.2 Å². The summed E-state index contributed by atoms with van der Waals surface area (Å²) in [4.78, 5) is 0. The van der Waals surface area contributed by atoms with Gasteiger partial charge in [0, 0.05) is 24.6 Å². The van der Waals surface area contributed by atoms with Gasteiger partial charge in [-0.25, -0.2) is 0 Å². The van der Waals surface area contributed by atoms with Crippen molar-refractivity contribution < 1.29 is 9.47 Å². The van der Waals surface area contributed by atoms with E-state index in [2.05, 4.69) is 26.0 Å². The average molecular weight is 235 g/mol. The monoisotopic (exact) mass is 235 g/mol. The summed E-state index contributed by atoms with van der Waals surface area (Å²) in [5.41, 5.74) is 8.25. The zero-order chi connectivity index (χ0) is 12.5. The number of rotatable bonds is 3. The van der Waals surface area contributed by atoms with Gasteiger partial charge in [-0.1, -0.05) is 17.7 Å². The highest BCUT2D eigenvalue weighted by atomic mass is 16.5. The molecule has 0 fully saturated rings. The van der Waals surface area contributed by atoms with Gasteiger partial charge < -0.3 is 15.2 Å². The van der Waals surface area contributed by atoms with Gasteiger partial charge in [-0.2, -0.15) is 0 Å². The van der Waals surface area contributed by atoms with Gasteiger partial charge in [0.1, 0.15) is 11.4 Å². The van der Waals surface area contributed by atoms with E-state index in [-0.39, 0.29) is 11.6 Å². The number of nitrogens with two attached hydrogens (primary N) is 1. The largest absolute Gasteiger partial charge is 0.485 e. The second kappa shape index (κ2) is 4.67. The number of benzene rings is 1. The number of fused-ring (bicyclic) bond motifs is 1. The van der Waals surface area contributed by atoms with Crippen LogP contribution < -0.4 is 10.5 Å². The lowest BCUT2D eigenvalue weighted by Crippen LogP contribution is -2.44. The van der Waals surface area contributed by atoms with Crippen molar-refractivity contribution in [1.29, 1.82) is 0 Å². The van der Waals surface area contributed by atoms with Crippen LogP contribution in [0.25, 0.3) is 0 Å². The topological polar surface area (TPSA) is 44.5 Å². The molecule has 3 heteroatoms. The van der Waals surface area contributed by atoms with Crippen LogP contribution in [0.15, 0.2) is 18.2 Å². The minimum atomic E-state index is -0.308. The van der Waals surface area contributed by atoms with E-state index in [1.54, 1.807) is 0 Å². The van der Waals surface area contributed by atoms with Gasteiger partial charge >= 0.3 is 0 Å². The fourth-order valence-electron chi connectivity index (χ4n) is 2.34. The van der Waals surface area contributed by atoms with Gasteiger partial charge in [0.05, 0.1) is 6.61 Å². The fourth-order valence-corrected chi connectivity index (χ4v) is 2.34. The van der Waals surface area contributed by atoms with E-state index in [0.717, 1.165) is 17.7 Å². The Kier molecular flexibility index (Phi) is 3.40. The first-order valence-electron chi connectivity index (χ1n) is 6.17. The van der Waals surface area contributed by atoms with E-state index in [1.807, 2.05) is 13.0 Å². The average Bonchev–Trinajstić information content (AvgIpc) is 2.28. The molecule has 0 saturated carbocycles. The second-order valence-electron chi connectivity index (χ2n) is 5.04. The Morgan fingerprint density at radius 3 is 3.00 bits per heavy atom. The van der Waals surface area contributed by atoms with Crippen LogP contribution in [0.4, 0.5) is 0 Å². The summed E-state index contributed by atoms with van der Waals surface area (Å²) in [5, 5.41) is 0. The molecule has 0 bridgehead atoms. The van der Waals surface area contributed by atoms with Crippen molar-refractivity contribution in [1.82, 2.24) is 0 Å². The normalized spacial score (nSPS) is 27.4. The van der Waals surface area contributed by atoms with Crippen LogP contribution in [0.5, 0.6) is 5.75 Å². The molecular formula is C14H21NO2. The molecule has 2 N–H and O–H groups in total. The first kappa shape index (κ1) is 12.4. The molecule has 0 aromatic heterocycles. The highest BCUT2D eigenvalue weighted by Crippen LogP contribution is 2.38. The molecule has 1 heterocycles. The lowest BCUT2D eigenvalue weighted by molar-refractivity contribution is -0.0302. The zero-order valence-corrected chi connectivity index (χ0v) is 10.8. The van der Waals surface area contributed by atoms with Gasteiger partial charge in [-0.3, -0.25) is 0 Å². The quantitative estimate of drug-likeness (QED) is 0.875. The van der Waals surface area contributed by atoms with Crippen molar-refractivity contribution in [3.05, 3.63) is 29.3 Å². The van der Waals surface area contributed by atoms with E-state index in [0.29, 0.717) is 13.2 Å². The predicted molar refractivity (Wildman–Crippen MR) is 68.3 cm³/mol. The lowest BCUT2D eigenvalue weighted by Gasteiger charge is -2.38. The number of hydrogen-bond donors (Lipinski definition) is 1. The molecule has 0 aliphatic carbocycles. The molecule has 1 aromatic carbocycles. The van der Waals surface area contributed by atoms with Gasteiger partial charge in [0.15, 0.2) is 0 Å². The summed E-state index contributed by atoms with van der Waals surface area (Å²) >= 11 is 0. The third kappa shape index (κ3) is 2.61. The van der Waals surface area contributed by atoms with Crippen molar-refractivity contribution in [3.8, 4) is 5.75 Å². The minimum absolute atomic E-state index is 0.0316. The van der Waals surface area contributed by atoms with Gasteiger partial charge in [-0.15, -0.1) is 0 Å². The maximum atomic E-state index is 6.23. The molecule has 1 aliphatic rings. The van der Waals surface area contributed by atoms with Crippen LogP contribution in [-0.4, -0.2) is 18.8 Å².